The lowest BCUT2D eigenvalue weighted by atomic mass is 10.1. The fourth-order valence-electron chi connectivity index (χ4n) is 4.13. The molecule has 2 N–H and O–H groups in total. The third-order valence-corrected chi connectivity index (χ3v) is 6.15. The van der Waals surface area contributed by atoms with Crippen molar-refractivity contribution in [3.8, 4) is 11.5 Å². The van der Waals surface area contributed by atoms with Crippen LogP contribution in [0.4, 0.5) is 15.8 Å². The fraction of sp³-hybridized carbons (Fsp3) is 0.310. The highest BCUT2D eigenvalue weighted by Crippen LogP contribution is 2.32. The van der Waals surface area contributed by atoms with Gasteiger partial charge in [0.15, 0.2) is 5.82 Å². The van der Waals surface area contributed by atoms with Gasteiger partial charge in [-0.1, -0.05) is 24.3 Å². The van der Waals surface area contributed by atoms with Crippen LogP contribution in [-0.4, -0.2) is 46.5 Å². The number of nitrogens with one attached hydrogen (secondary N) is 2. The van der Waals surface area contributed by atoms with E-state index in [-0.39, 0.29) is 11.7 Å². The number of ether oxygens (including phenoxy) is 3. The van der Waals surface area contributed by atoms with Crippen LogP contribution >= 0.6 is 0 Å². The van der Waals surface area contributed by atoms with E-state index in [0.29, 0.717) is 53.8 Å². The molecule has 3 aromatic rings. The Morgan fingerprint density at radius 2 is 1.30 bits per heavy atom. The van der Waals surface area contributed by atoms with E-state index in [1.807, 2.05) is 67.2 Å². The minimum atomic E-state index is -0.327. The van der Waals surface area contributed by atoms with Gasteiger partial charge in [0.05, 0.1) is 32.2 Å². The molecular formula is C29H35FN4O3. The molecule has 0 atom stereocenters. The summed E-state index contributed by atoms with van der Waals surface area (Å²) in [7, 11) is 6.84. The van der Waals surface area contributed by atoms with E-state index in [9.17, 15) is 0 Å². The summed E-state index contributed by atoms with van der Waals surface area (Å²) in [6.07, 6.45) is 0. The Bertz CT molecular complexity index is 1280. The lowest BCUT2D eigenvalue weighted by molar-refractivity contribution is 0.325. The van der Waals surface area contributed by atoms with Crippen molar-refractivity contribution in [2.24, 2.45) is 0 Å². The molecule has 0 spiro atoms. The SMILES string of the molecule is CCOC(=N)c1ccc(CN(C)c2cccc(N(C)Cc3ccc(C(C)=N)cc3OC)c2F)c(OC)c1. The van der Waals surface area contributed by atoms with Crippen LogP contribution in [0.5, 0.6) is 11.5 Å². The Hall–Kier alpha value is -4.07. The number of nitrogens with zero attached hydrogens (tertiary/aromatic N) is 2. The van der Waals surface area contributed by atoms with Crippen molar-refractivity contribution in [3.05, 3.63) is 82.7 Å². The second-order valence-corrected chi connectivity index (χ2v) is 8.76. The number of hydrogen-bond donors (Lipinski definition) is 2. The highest BCUT2D eigenvalue weighted by Gasteiger charge is 2.18. The third kappa shape index (κ3) is 6.39. The predicted molar refractivity (Wildman–Crippen MR) is 148 cm³/mol. The minimum Gasteiger partial charge on any atom is -0.496 e. The van der Waals surface area contributed by atoms with Crippen molar-refractivity contribution in [2.75, 3.05) is 44.7 Å². The molecule has 0 saturated heterocycles. The predicted octanol–water partition coefficient (Wildman–Crippen LogP) is 5.87. The summed E-state index contributed by atoms with van der Waals surface area (Å²) < 4.78 is 32.1. The maximum Gasteiger partial charge on any atom is 0.213 e. The van der Waals surface area contributed by atoms with Crippen molar-refractivity contribution in [1.29, 1.82) is 10.8 Å². The molecule has 0 aliphatic rings. The lowest BCUT2D eigenvalue weighted by Gasteiger charge is -2.26. The quantitative estimate of drug-likeness (QED) is 0.251. The van der Waals surface area contributed by atoms with Gasteiger partial charge in [-0.15, -0.1) is 0 Å². The molecule has 0 fully saturated rings. The molecule has 7 nitrogen and oxygen atoms in total. The van der Waals surface area contributed by atoms with Crippen molar-refractivity contribution < 1.29 is 18.6 Å². The average Bonchev–Trinajstić information content (AvgIpc) is 2.89. The van der Waals surface area contributed by atoms with Gasteiger partial charge in [0, 0.05) is 49.6 Å². The molecule has 0 aliphatic heterocycles. The van der Waals surface area contributed by atoms with Crippen LogP contribution in [0.25, 0.3) is 0 Å². The first kappa shape index (κ1) is 27.5. The molecule has 0 unspecified atom stereocenters. The molecule has 196 valence electrons. The fourth-order valence-corrected chi connectivity index (χ4v) is 4.13. The lowest BCUT2D eigenvalue weighted by Crippen LogP contribution is -2.22. The Labute approximate surface area is 218 Å². The van der Waals surface area contributed by atoms with Crippen LogP contribution in [-0.2, 0) is 17.8 Å². The van der Waals surface area contributed by atoms with Crippen LogP contribution in [0.1, 0.15) is 36.1 Å². The highest BCUT2D eigenvalue weighted by atomic mass is 19.1. The van der Waals surface area contributed by atoms with Crippen LogP contribution < -0.4 is 19.3 Å². The van der Waals surface area contributed by atoms with E-state index in [2.05, 4.69) is 0 Å². The molecule has 0 aliphatic carbocycles. The maximum atomic E-state index is 15.7. The zero-order valence-corrected chi connectivity index (χ0v) is 22.3. The van der Waals surface area contributed by atoms with E-state index in [0.717, 1.165) is 16.7 Å². The van der Waals surface area contributed by atoms with E-state index < -0.39 is 0 Å². The van der Waals surface area contributed by atoms with Gasteiger partial charge < -0.3 is 29.4 Å². The molecule has 8 heteroatoms. The first-order valence-corrected chi connectivity index (χ1v) is 12.0. The zero-order valence-electron chi connectivity index (χ0n) is 22.3. The van der Waals surface area contributed by atoms with E-state index >= 15 is 4.39 Å². The molecule has 3 rings (SSSR count). The van der Waals surface area contributed by atoms with Gasteiger partial charge in [-0.05, 0) is 49.7 Å². The first-order valence-electron chi connectivity index (χ1n) is 12.0. The molecule has 3 aromatic carbocycles. The minimum absolute atomic E-state index is 0.0849. The van der Waals surface area contributed by atoms with Gasteiger partial charge in [0.25, 0.3) is 0 Å². The summed E-state index contributed by atoms with van der Waals surface area (Å²) in [6.45, 7) is 4.82. The molecule has 0 saturated carbocycles. The standard InChI is InChI=1S/C29H35FN4O3/c1-7-37-29(32)21-12-14-23(27(16-21)36-6)18-34(4)25-10-8-9-24(28(25)30)33(3)17-22-13-11-20(19(2)31)15-26(22)35-5/h8-16,31-32H,7,17-18H2,1-6H3. The molecule has 0 aromatic heterocycles. The Balaban J connectivity index is 1.83. The van der Waals surface area contributed by atoms with Crippen molar-refractivity contribution in [3.63, 3.8) is 0 Å². The Morgan fingerprint density at radius 3 is 1.76 bits per heavy atom. The summed E-state index contributed by atoms with van der Waals surface area (Å²) in [4.78, 5) is 3.68. The smallest absolute Gasteiger partial charge is 0.213 e. The summed E-state index contributed by atoms with van der Waals surface area (Å²) >= 11 is 0. The van der Waals surface area contributed by atoms with Crippen LogP contribution in [0, 0.1) is 16.6 Å². The topological polar surface area (TPSA) is 81.9 Å². The molecule has 0 amide bonds. The second-order valence-electron chi connectivity index (χ2n) is 8.76. The summed E-state index contributed by atoms with van der Waals surface area (Å²) in [6, 6.07) is 16.4. The second kappa shape index (κ2) is 12.3. The largest absolute Gasteiger partial charge is 0.496 e. The summed E-state index contributed by atoms with van der Waals surface area (Å²) in [5, 5.41) is 15.9. The van der Waals surface area contributed by atoms with Gasteiger partial charge in [0.1, 0.15) is 11.5 Å². The van der Waals surface area contributed by atoms with Crippen LogP contribution in [0.3, 0.4) is 0 Å². The summed E-state index contributed by atoms with van der Waals surface area (Å²) in [5.41, 5.74) is 4.55. The molecular weight excluding hydrogens is 471 g/mol. The van der Waals surface area contributed by atoms with Crippen molar-refractivity contribution in [1.82, 2.24) is 0 Å². The first-order chi connectivity index (χ1) is 17.7. The number of anilines is 2. The Morgan fingerprint density at radius 1 is 0.811 bits per heavy atom. The van der Waals surface area contributed by atoms with Gasteiger partial charge in [-0.3, -0.25) is 5.41 Å². The Kier molecular flexibility index (Phi) is 9.11. The van der Waals surface area contributed by atoms with Gasteiger partial charge in [-0.2, -0.15) is 0 Å². The maximum absolute atomic E-state index is 15.7. The monoisotopic (exact) mass is 506 g/mol. The highest BCUT2D eigenvalue weighted by molar-refractivity contribution is 5.96. The third-order valence-electron chi connectivity index (χ3n) is 6.15. The number of rotatable bonds is 11. The van der Waals surface area contributed by atoms with Crippen LogP contribution in [0.15, 0.2) is 54.6 Å². The molecule has 0 bridgehead atoms. The van der Waals surface area contributed by atoms with E-state index in [4.69, 9.17) is 25.0 Å². The normalized spacial score (nSPS) is 10.6. The zero-order chi connectivity index (χ0) is 27.1. The van der Waals surface area contributed by atoms with Crippen LogP contribution in [0.2, 0.25) is 0 Å². The van der Waals surface area contributed by atoms with Crippen molar-refractivity contribution in [2.45, 2.75) is 26.9 Å². The van der Waals surface area contributed by atoms with E-state index in [1.165, 1.54) is 0 Å². The summed E-state index contributed by atoms with van der Waals surface area (Å²) in [5.74, 6) is 1.03. The van der Waals surface area contributed by atoms with Gasteiger partial charge in [-0.25, -0.2) is 4.39 Å². The molecule has 37 heavy (non-hydrogen) atoms. The molecule has 0 radical (unpaired) electrons. The van der Waals surface area contributed by atoms with Gasteiger partial charge in [0.2, 0.25) is 5.90 Å². The molecule has 0 heterocycles. The number of hydrogen-bond acceptors (Lipinski definition) is 7. The van der Waals surface area contributed by atoms with E-state index in [1.54, 1.807) is 39.3 Å². The number of halogens is 1. The van der Waals surface area contributed by atoms with Crippen molar-refractivity contribution >= 4 is 23.0 Å². The average molecular weight is 507 g/mol. The number of methoxy groups -OCH3 is 2. The number of benzene rings is 3. The van der Waals surface area contributed by atoms with Gasteiger partial charge >= 0.3 is 0 Å².